The summed E-state index contributed by atoms with van der Waals surface area (Å²) in [6.07, 6.45) is 45.2. The maximum absolute atomic E-state index is 12.6. The Morgan fingerprint density at radius 2 is 0.929 bits per heavy atom. The van der Waals surface area contributed by atoms with Crippen molar-refractivity contribution in [1.82, 2.24) is 0 Å². The van der Waals surface area contributed by atoms with Crippen molar-refractivity contribution in [3.8, 4) is 0 Å². The summed E-state index contributed by atoms with van der Waals surface area (Å²) in [5.41, 5.74) is 5.35. The molecule has 0 saturated carbocycles. The van der Waals surface area contributed by atoms with Gasteiger partial charge in [-0.25, -0.2) is 4.57 Å². The molecule has 0 aromatic heterocycles. The van der Waals surface area contributed by atoms with Crippen LogP contribution in [0.2, 0.25) is 0 Å². The van der Waals surface area contributed by atoms with E-state index in [0.717, 1.165) is 57.8 Å². The van der Waals surface area contributed by atoms with Crippen LogP contribution in [0.1, 0.15) is 213 Å². The molecule has 0 amide bonds. The molecule has 56 heavy (non-hydrogen) atoms. The number of carboxylic acid groups (broad SMARTS) is 1. The van der Waals surface area contributed by atoms with Crippen molar-refractivity contribution in [3.05, 3.63) is 24.3 Å². The van der Waals surface area contributed by atoms with Gasteiger partial charge in [-0.05, 0) is 64.2 Å². The van der Waals surface area contributed by atoms with Gasteiger partial charge in [0.15, 0.2) is 0 Å². The third kappa shape index (κ3) is 40.6. The molecule has 0 saturated heterocycles. The van der Waals surface area contributed by atoms with Gasteiger partial charge < -0.3 is 25.2 Å². The molecule has 0 bridgehead atoms. The Morgan fingerprint density at radius 3 is 1.39 bits per heavy atom. The van der Waals surface area contributed by atoms with Crippen molar-refractivity contribution in [2.75, 3.05) is 26.4 Å². The van der Waals surface area contributed by atoms with E-state index in [2.05, 4.69) is 38.2 Å². The van der Waals surface area contributed by atoms with Gasteiger partial charge >= 0.3 is 19.8 Å². The smallest absolute Gasteiger partial charge is 0.472 e. The SMILES string of the molecule is CCCCC/C=C\CCCCCCCC(=O)OC(COCCCCCCCCCCCC/C=C\CCCCCCCCCC)COP(=O)(O)OCC(N)C(=O)O. The molecule has 0 aromatic carbocycles. The fraction of sp³-hybridized carbons (Fsp3) is 0.867. The molecule has 0 aliphatic carbocycles. The van der Waals surface area contributed by atoms with Gasteiger partial charge in [0.25, 0.3) is 0 Å². The predicted molar refractivity (Wildman–Crippen MR) is 231 cm³/mol. The average molecular weight is 816 g/mol. The van der Waals surface area contributed by atoms with Crippen LogP contribution in [0.3, 0.4) is 0 Å². The molecule has 3 atom stereocenters. The van der Waals surface area contributed by atoms with E-state index in [-0.39, 0.29) is 13.0 Å². The Bertz CT molecular complexity index is 993. The van der Waals surface area contributed by atoms with Gasteiger partial charge in [-0.1, -0.05) is 167 Å². The van der Waals surface area contributed by atoms with Crippen LogP contribution in [0.4, 0.5) is 0 Å². The van der Waals surface area contributed by atoms with E-state index in [1.165, 1.54) is 128 Å². The summed E-state index contributed by atoms with van der Waals surface area (Å²) in [4.78, 5) is 33.5. The van der Waals surface area contributed by atoms with E-state index >= 15 is 0 Å². The summed E-state index contributed by atoms with van der Waals surface area (Å²) in [7, 11) is -4.61. The fourth-order valence-corrected chi connectivity index (χ4v) is 7.14. The van der Waals surface area contributed by atoms with Gasteiger partial charge in [-0.2, -0.15) is 0 Å². The number of carbonyl (C=O) groups excluding carboxylic acids is 1. The normalized spacial score (nSPS) is 14.1. The molecule has 330 valence electrons. The molecule has 0 aliphatic rings. The molecule has 0 aliphatic heterocycles. The van der Waals surface area contributed by atoms with E-state index in [1.54, 1.807) is 0 Å². The van der Waals surface area contributed by atoms with Crippen molar-refractivity contribution < 1.29 is 42.7 Å². The topological polar surface area (TPSA) is 155 Å². The summed E-state index contributed by atoms with van der Waals surface area (Å²) in [5.74, 6) is -1.78. The van der Waals surface area contributed by atoms with Crippen LogP contribution >= 0.6 is 7.82 Å². The first kappa shape index (κ1) is 54.5. The molecule has 11 heteroatoms. The molecule has 3 unspecified atom stereocenters. The highest BCUT2D eigenvalue weighted by molar-refractivity contribution is 7.47. The molecule has 0 spiro atoms. The summed E-state index contributed by atoms with van der Waals surface area (Å²) in [6.45, 7) is 3.86. The lowest BCUT2D eigenvalue weighted by molar-refractivity contribution is -0.154. The molecule has 0 rings (SSSR count). The van der Waals surface area contributed by atoms with E-state index in [0.29, 0.717) is 13.0 Å². The third-order valence-electron chi connectivity index (χ3n) is 9.95. The Morgan fingerprint density at radius 1 is 0.554 bits per heavy atom. The van der Waals surface area contributed by atoms with E-state index in [1.807, 2.05) is 0 Å². The van der Waals surface area contributed by atoms with Crippen molar-refractivity contribution in [2.45, 2.75) is 225 Å². The number of carbonyl (C=O) groups is 2. The van der Waals surface area contributed by atoms with Gasteiger partial charge in [0.1, 0.15) is 12.1 Å². The maximum atomic E-state index is 12.6. The Balaban J connectivity index is 4.12. The quantitative estimate of drug-likeness (QED) is 0.0234. The highest BCUT2D eigenvalue weighted by Crippen LogP contribution is 2.43. The van der Waals surface area contributed by atoms with Gasteiger partial charge in [-0.3, -0.25) is 18.6 Å². The zero-order valence-electron chi connectivity index (χ0n) is 36.0. The lowest BCUT2D eigenvalue weighted by Crippen LogP contribution is -2.34. The number of carboxylic acids is 1. The Labute approximate surface area is 343 Å². The number of phosphoric ester groups is 1. The van der Waals surface area contributed by atoms with E-state index in [4.69, 9.17) is 29.4 Å². The molecule has 4 N–H and O–H groups in total. The standard InChI is InChI=1S/C45H86NO9P/c1-3-5-7-9-11-13-15-17-18-19-20-21-22-23-24-25-26-28-30-32-34-36-38-52-39-42(40-53-56(50,51)54-41-43(46)45(48)49)55-44(47)37-35-33-31-29-27-16-14-12-10-8-6-4-2/h12,14,19-20,42-43H,3-11,13,15-18,21-41,46H2,1-2H3,(H,48,49)(H,50,51)/b14-12-,20-19-. The molecule has 0 fully saturated rings. The first-order chi connectivity index (χ1) is 27.2. The molecular weight excluding hydrogens is 729 g/mol. The molecule has 0 aromatic rings. The number of allylic oxidation sites excluding steroid dienone is 4. The summed E-state index contributed by atoms with van der Waals surface area (Å²) in [5, 5.41) is 8.89. The first-order valence-corrected chi connectivity index (χ1v) is 24.4. The van der Waals surface area contributed by atoms with Crippen molar-refractivity contribution in [2.24, 2.45) is 5.73 Å². The summed E-state index contributed by atoms with van der Waals surface area (Å²) < 4.78 is 33.3. The minimum atomic E-state index is -4.61. The minimum absolute atomic E-state index is 0.0153. The number of hydrogen-bond acceptors (Lipinski definition) is 8. The minimum Gasteiger partial charge on any atom is -0.480 e. The number of ether oxygens (including phenoxy) is 2. The number of aliphatic carboxylic acids is 1. The Kier molecular flexibility index (Phi) is 40.5. The highest BCUT2D eigenvalue weighted by Gasteiger charge is 2.27. The van der Waals surface area contributed by atoms with Crippen molar-refractivity contribution in [3.63, 3.8) is 0 Å². The van der Waals surface area contributed by atoms with E-state index < -0.39 is 45.1 Å². The van der Waals surface area contributed by atoms with Crippen LogP contribution in [0.5, 0.6) is 0 Å². The zero-order valence-corrected chi connectivity index (χ0v) is 36.9. The number of unbranched alkanes of at least 4 members (excludes halogenated alkanes) is 26. The summed E-state index contributed by atoms with van der Waals surface area (Å²) >= 11 is 0. The lowest BCUT2D eigenvalue weighted by Gasteiger charge is -2.20. The van der Waals surface area contributed by atoms with Gasteiger partial charge in [0, 0.05) is 13.0 Å². The fourth-order valence-electron chi connectivity index (χ4n) is 6.36. The van der Waals surface area contributed by atoms with Crippen LogP contribution in [0, 0.1) is 0 Å². The molecular formula is C45H86NO9P. The number of nitrogens with two attached hydrogens (primary N) is 1. The van der Waals surface area contributed by atoms with E-state index in [9.17, 15) is 19.0 Å². The number of hydrogen-bond donors (Lipinski definition) is 3. The van der Waals surface area contributed by atoms with Gasteiger partial charge in [0.05, 0.1) is 19.8 Å². The summed E-state index contributed by atoms with van der Waals surface area (Å²) in [6, 6.07) is -1.47. The van der Waals surface area contributed by atoms with Gasteiger partial charge in [0.2, 0.25) is 0 Å². The second kappa shape index (κ2) is 41.6. The van der Waals surface area contributed by atoms with Crippen LogP contribution in [-0.2, 0) is 32.7 Å². The monoisotopic (exact) mass is 816 g/mol. The third-order valence-corrected chi connectivity index (χ3v) is 10.9. The first-order valence-electron chi connectivity index (χ1n) is 22.9. The van der Waals surface area contributed by atoms with Gasteiger partial charge in [-0.15, -0.1) is 0 Å². The average Bonchev–Trinajstić information content (AvgIpc) is 3.18. The van der Waals surface area contributed by atoms with Crippen LogP contribution < -0.4 is 5.73 Å². The van der Waals surface area contributed by atoms with Crippen LogP contribution in [-0.4, -0.2) is 60.5 Å². The molecule has 0 heterocycles. The lowest BCUT2D eigenvalue weighted by atomic mass is 10.1. The number of phosphoric acid groups is 1. The largest absolute Gasteiger partial charge is 0.480 e. The van der Waals surface area contributed by atoms with Crippen molar-refractivity contribution in [1.29, 1.82) is 0 Å². The number of rotatable bonds is 44. The number of esters is 1. The van der Waals surface area contributed by atoms with Crippen LogP contribution in [0.15, 0.2) is 24.3 Å². The second-order valence-electron chi connectivity index (χ2n) is 15.5. The zero-order chi connectivity index (χ0) is 41.2. The van der Waals surface area contributed by atoms with Crippen LogP contribution in [0.25, 0.3) is 0 Å². The Hall–Kier alpha value is -1.55. The second-order valence-corrected chi connectivity index (χ2v) is 17.0. The maximum Gasteiger partial charge on any atom is 0.472 e. The highest BCUT2D eigenvalue weighted by atomic mass is 31.2. The van der Waals surface area contributed by atoms with Crippen molar-refractivity contribution >= 4 is 19.8 Å². The predicted octanol–water partition coefficient (Wildman–Crippen LogP) is 12.7. The molecule has 0 radical (unpaired) electrons. The molecule has 10 nitrogen and oxygen atoms in total.